The van der Waals surface area contributed by atoms with E-state index in [4.69, 9.17) is 20.3 Å². The molecule has 2 aliphatic rings. The summed E-state index contributed by atoms with van der Waals surface area (Å²) in [6.07, 6.45) is 2.51. The van der Waals surface area contributed by atoms with Crippen molar-refractivity contribution >= 4 is 23.0 Å². The molecule has 2 heterocycles. The fourth-order valence-electron chi connectivity index (χ4n) is 3.02. The monoisotopic (exact) mass is 330 g/mol. The van der Waals surface area contributed by atoms with Crippen molar-refractivity contribution in [1.29, 1.82) is 10.8 Å². The lowest BCUT2D eigenvalue weighted by atomic mass is 10.2. The van der Waals surface area contributed by atoms with E-state index in [1.807, 2.05) is 0 Å². The van der Waals surface area contributed by atoms with Crippen LogP contribution in [0.15, 0.2) is 18.2 Å². The summed E-state index contributed by atoms with van der Waals surface area (Å²) in [5.74, 6) is 0.730. The Balaban J connectivity index is 1.67. The predicted octanol–water partition coefficient (Wildman–Crippen LogP) is 1.56. The molecule has 0 saturated carbocycles. The summed E-state index contributed by atoms with van der Waals surface area (Å²) in [5.41, 5.74) is 0.389. The van der Waals surface area contributed by atoms with Crippen molar-refractivity contribution in [2.24, 2.45) is 0 Å². The predicted molar refractivity (Wildman–Crippen MR) is 92.0 cm³/mol. The molecule has 0 radical (unpaired) electrons. The Labute approximate surface area is 141 Å². The van der Waals surface area contributed by atoms with Gasteiger partial charge in [0.25, 0.3) is 5.91 Å². The molecule has 0 aliphatic carbocycles. The third-order valence-corrected chi connectivity index (χ3v) is 4.40. The first kappa shape index (κ1) is 16.4. The van der Waals surface area contributed by atoms with Crippen LogP contribution in [-0.4, -0.2) is 62.1 Å². The molecule has 2 saturated heterocycles. The van der Waals surface area contributed by atoms with Gasteiger partial charge in [-0.15, -0.1) is 0 Å². The average Bonchev–Trinajstić information content (AvgIpc) is 3.19. The number of carbonyl (C=O) groups is 1. The van der Waals surface area contributed by atoms with Gasteiger partial charge in [-0.3, -0.25) is 15.1 Å². The SMILES string of the molecule is COc1cc(N2CC(=N)C(=N)C2=O)ccc1OCCN1CCCC1. The first-order valence-corrected chi connectivity index (χ1v) is 8.11. The van der Waals surface area contributed by atoms with Crippen molar-refractivity contribution in [3.63, 3.8) is 0 Å². The molecule has 128 valence electrons. The minimum Gasteiger partial charge on any atom is -0.493 e. The Morgan fingerprint density at radius 3 is 2.54 bits per heavy atom. The van der Waals surface area contributed by atoms with Crippen LogP contribution in [0.1, 0.15) is 12.8 Å². The average molecular weight is 330 g/mol. The molecule has 1 aromatic carbocycles. The van der Waals surface area contributed by atoms with Gasteiger partial charge in [-0.05, 0) is 38.1 Å². The van der Waals surface area contributed by atoms with Crippen LogP contribution in [0.4, 0.5) is 5.69 Å². The van der Waals surface area contributed by atoms with Gasteiger partial charge in [-0.25, -0.2) is 0 Å². The number of benzene rings is 1. The maximum Gasteiger partial charge on any atom is 0.278 e. The number of nitrogens with one attached hydrogen (secondary N) is 2. The molecule has 1 amide bonds. The number of nitrogens with zero attached hydrogens (tertiary/aromatic N) is 2. The Morgan fingerprint density at radius 1 is 1.17 bits per heavy atom. The number of carbonyl (C=O) groups excluding carboxylic acids is 1. The lowest BCUT2D eigenvalue weighted by molar-refractivity contribution is -0.111. The third kappa shape index (κ3) is 3.26. The summed E-state index contributed by atoms with van der Waals surface area (Å²) in [5, 5.41) is 15.2. The van der Waals surface area contributed by atoms with E-state index >= 15 is 0 Å². The summed E-state index contributed by atoms with van der Waals surface area (Å²) in [6.45, 7) is 3.87. The van der Waals surface area contributed by atoms with Crippen LogP contribution in [0, 0.1) is 10.8 Å². The highest BCUT2D eigenvalue weighted by Crippen LogP contribution is 2.32. The van der Waals surface area contributed by atoms with Crippen molar-refractivity contribution < 1.29 is 14.3 Å². The number of ether oxygens (including phenoxy) is 2. The topological polar surface area (TPSA) is 89.7 Å². The van der Waals surface area contributed by atoms with Crippen molar-refractivity contribution in [2.45, 2.75) is 12.8 Å². The van der Waals surface area contributed by atoms with Gasteiger partial charge < -0.3 is 19.8 Å². The summed E-state index contributed by atoms with van der Waals surface area (Å²) >= 11 is 0. The van der Waals surface area contributed by atoms with E-state index in [-0.39, 0.29) is 18.0 Å². The van der Waals surface area contributed by atoms with E-state index in [2.05, 4.69) is 4.90 Å². The Hall–Kier alpha value is -2.41. The molecule has 0 atom stereocenters. The molecule has 2 N–H and O–H groups in total. The fourth-order valence-corrected chi connectivity index (χ4v) is 3.02. The van der Waals surface area contributed by atoms with Crippen molar-refractivity contribution in [1.82, 2.24) is 4.90 Å². The number of anilines is 1. The van der Waals surface area contributed by atoms with E-state index in [0.717, 1.165) is 19.6 Å². The van der Waals surface area contributed by atoms with Crippen molar-refractivity contribution in [3.05, 3.63) is 18.2 Å². The lowest BCUT2D eigenvalue weighted by Crippen LogP contribution is -2.27. The van der Waals surface area contributed by atoms with Crippen LogP contribution in [-0.2, 0) is 4.79 Å². The number of amides is 1. The fraction of sp³-hybridized carbons (Fsp3) is 0.471. The standard InChI is InChI=1S/C17H22N4O3/c1-23-15-10-12(21-11-13(18)16(19)17(21)22)4-5-14(15)24-9-8-20-6-2-3-7-20/h4-5,10,18-19H,2-3,6-9,11H2,1H3. The van der Waals surface area contributed by atoms with Gasteiger partial charge in [0.05, 0.1) is 19.4 Å². The quantitative estimate of drug-likeness (QED) is 0.828. The van der Waals surface area contributed by atoms with Crippen LogP contribution in [0.25, 0.3) is 0 Å². The number of hydrogen-bond acceptors (Lipinski definition) is 6. The molecular formula is C17H22N4O3. The zero-order valence-corrected chi connectivity index (χ0v) is 13.8. The summed E-state index contributed by atoms with van der Waals surface area (Å²) in [7, 11) is 1.56. The molecule has 2 fully saturated rings. The van der Waals surface area contributed by atoms with Crippen LogP contribution in [0.3, 0.4) is 0 Å². The molecular weight excluding hydrogens is 308 g/mol. The summed E-state index contributed by atoms with van der Waals surface area (Å²) in [4.78, 5) is 15.8. The largest absolute Gasteiger partial charge is 0.493 e. The highest BCUT2D eigenvalue weighted by Gasteiger charge is 2.32. The second-order valence-electron chi connectivity index (χ2n) is 5.98. The maximum atomic E-state index is 12.0. The molecule has 3 rings (SSSR count). The minimum absolute atomic E-state index is 0.0323. The van der Waals surface area contributed by atoms with Gasteiger partial charge in [0, 0.05) is 18.3 Å². The van der Waals surface area contributed by atoms with Gasteiger partial charge in [-0.2, -0.15) is 0 Å². The lowest BCUT2D eigenvalue weighted by Gasteiger charge is -2.19. The second kappa shape index (κ2) is 7.00. The molecule has 7 nitrogen and oxygen atoms in total. The zero-order chi connectivity index (χ0) is 17.1. The van der Waals surface area contributed by atoms with E-state index in [0.29, 0.717) is 23.8 Å². The van der Waals surface area contributed by atoms with E-state index < -0.39 is 5.91 Å². The van der Waals surface area contributed by atoms with Crippen LogP contribution < -0.4 is 14.4 Å². The van der Waals surface area contributed by atoms with E-state index in [1.165, 1.54) is 17.7 Å². The van der Waals surface area contributed by atoms with Crippen molar-refractivity contribution in [2.75, 3.05) is 44.8 Å². The first-order valence-electron chi connectivity index (χ1n) is 8.11. The molecule has 7 heteroatoms. The zero-order valence-electron chi connectivity index (χ0n) is 13.8. The van der Waals surface area contributed by atoms with E-state index in [1.54, 1.807) is 25.3 Å². The molecule has 1 aromatic rings. The van der Waals surface area contributed by atoms with Gasteiger partial charge in [0.1, 0.15) is 12.3 Å². The van der Waals surface area contributed by atoms with Gasteiger partial charge in [0.15, 0.2) is 11.5 Å². The van der Waals surface area contributed by atoms with Crippen molar-refractivity contribution in [3.8, 4) is 11.5 Å². The third-order valence-electron chi connectivity index (χ3n) is 4.40. The minimum atomic E-state index is -0.454. The number of methoxy groups -OCH3 is 1. The Morgan fingerprint density at radius 2 is 1.92 bits per heavy atom. The molecule has 0 aromatic heterocycles. The van der Waals surface area contributed by atoms with E-state index in [9.17, 15) is 4.79 Å². The Kier molecular flexibility index (Phi) is 4.80. The number of likely N-dealkylation sites (tertiary alicyclic amines) is 1. The van der Waals surface area contributed by atoms with Crippen LogP contribution in [0.2, 0.25) is 0 Å². The molecule has 0 spiro atoms. The molecule has 0 unspecified atom stereocenters. The van der Waals surface area contributed by atoms with Gasteiger partial charge >= 0.3 is 0 Å². The van der Waals surface area contributed by atoms with Crippen LogP contribution >= 0.6 is 0 Å². The second-order valence-corrected chi connectivity index (χ2v) is 5.98. The normalized spacial score (nSPS) is 18.5. The van der Waals surface area contributed by atoms with Gasteiger partial charge in [0.2, 0.25) is 0 Å². The molecule has 0 bridgehead atoms. The molecule has 2 aliphatic heterocycles. The Bertz CT molecular complexity index is 668. The number of hydrogen-bond donors (Lipinski definition) is 2. The smallest absolute Gasteiger partial charge is 0.278 e. The first-order chi connectivity index (χ1) is 11.6. The van der Waals surface area contributed by atoms with Crippen LogP contribution in [0.5, 0.6) is 11.5 Å². The maximum absolute atomic E-state index is 12.0. The number of rotatable bonds is 6. The highest BCUT2D eigenvalue weighted by atomic mass is 16.5. The summed E-state index contributed by atoms with van der Waals surface area (Å²) < 4.78 is 11.2. The molecule has 24 heavy (non-hydrogen) atoms. The highest BCUT2D eigenvalue weighted by molar-refractivity contribution is 6.72. The van der Waals surface area contributed by atoms with Gasteiger partial charge in [-0.1, -0.05) is 0 Å². The summed E-state index contributed by atoms with van der Waals surface area (Å²) in [6, 6.07) is 5.25.